The fraction of sp³-hybridized carbons (Fsp3) is 0.250. The van der Waals surface area contributed by atoms with Gasteiger partial charge in [0.1, 0.15) is 0 Å². The van der Waals surface area contributed by atoms with Crippen LogP contribution in [0.3, 0.4) is 0 Å². The van der Waals surface area contributed by atoms with Crippen LogP contribution in [0, 0.1) is 6.92 Å². The van der Waals surface area contributed by atoms with Crippen LogP contribution >= 0.6 is 0 Å². The van der Waals surface area contributed by atoms with Gasteiger partial charge >= 0.3 is 12.1 Å². The molecule has 1 aromatic heterocycles. The average molecular weight is 493 g/mol. The third-order valence-electron chi connectivity index (χ3n) is 5.08. The van der Waals surface area contributed by atoms with E-state index in [1.807, 2.05) is 6.92 Å². The number of carbonyl (C=O) groups is 1. The van der Waals surface area contributed by atoms with Crippen molar-refractivity contribution in [3.63, 3.8) is 0 Å². The van der Waals surface area contributed by atoms with E-state index in [-0.39, 0.29) is 6.61 Å². The topological polar surface area (TPSA) is 85.4 Å². The molecule has 0 aliphatic heterocycles. The summed E-state index contributed by atoms with van der Waals surface area (Å²) in [6.07, 6.45) is -1.99. The Morgan fingerprint density at radius 1 is 1.12 bits per heavy atom. The first-order valence-electron chi connectivity index (χ1n) is 10.4. The largest absolute Gasteiger partial charge is 0.466 e. The van der Waals surface area contributed by atoms with Crippen LogP contribution in [0.1, 0.15) is 36.1 Å². The minimum Gasteiger partial charge on any atom is -0.466 e. The number of aryl methyl sites for hydroxylation is 1. The van der Waals surface area contributed by atoms with E-state index >= 15 is 0 Å². The summed E-state index contributed by atoms with van der Waals surface area (Å²) in [5, 5.41) is 0. The molecule has 1 atom stereocenters. The SMILES string of the molecule is CCOC(=O)C[C@H](NS(=O)(=O)c1ccccc1C(F)(F)F)c1cccc(-c2ccncc2C)c1. The molecule has 3 rings (SSSR count). The number of ether oxygens (including phenoxy) is 1. The predicted octanol–water partition coefficient (Wildman–Crippen LogP) is 5.05. The van der Waals surface area contributed by atoms with Gasteiger partial charge in [-0.2, -0.15) is 13.2 Å². The number of nitrogens with zero attached hydrogens (tertiary/aromatic N) is 1. The van der Waals surface area contributed by atoms with E-state index in [2.05, 4.69) is 9.71 Å². The molecule has 1 heterocycles. The molecule has 10 heteroatoms. The molecule has 0 radical (unpaired) electrons. The van der Waals surface area contributed by atoms with Crippen LogP contribution in [0.2, 0.25) is 0 Å². The molecule has 0 spiro atoms. The molecule has 3 aromatic rings. The van der Waals surface area contributed by atoms with E-state index in [9.17, 15) is 26.4 Å². The third-order valence-corrected chi connectivity index (χ3v) is 6.61. The molecular weight excluding hydrogens is 469 g/mol. The normalized spacial score (nSPS) is 12.9. The summed E-state index contributed by atoms with van der Waals surface area (Å²) in [5.41, 5.74) is 1.56. The van der Waals surface area contributed by atoms with Crippen molar-refractivity contribution in [1.82, 2.24) is 9.71 Å². The Bertz CT molecular complexity index is 1280. The molecule has 1 N–H and O–H groups in total. The first-order valence-corrected chi connectivity index (χ1v) is 11.9. The molecule has 0 aliphatic rings. The Kier molecular flexibility index (Phi) is 7.73. The number of rotatable bonds is 8. The molecule has 2 aromatic carbocycles. The quantitative estimate of drug-likeness (QED) is 0.445. The van der Waals surface area contributed by atoms with Crippen LogP contribution in [0.5, 0.6) is 0 Å². The molecule has 0 fully saturated rings. The maximum atomic E-state index is 13.5. The minimum atomic E-state index is -4.87. The molecule has 0 unspecified atom stereocenters. The van der Waals surface area contributed by atoms with E-state index in [1.54, 1.807) is 49.6 Å². The molecule has 0 aliphatic carbocycles. The Labute approximate surface area is 195 Å². The fourth-order valence-corrected chi connectivity index (χ4v) is 4.97. The lowest BCUT2D eigenvalue weighted by Crippen LogP contribution is -2.32. The Morgan fingerprint density at radius 2 is 1.85 bits per heavy atom. The standard InChI is InChI=1S/C24H23F3N2O4S/c1-3-33-23(30)14-21(18-8-6-7-17(13-18)19-11-12-28-15-16(19)2)29-34(31,32)22-10-5-4-9-20(22)24(25,26)27/h4-13,15,21,29H,3,14H2,1-2H3/t21-/m0/s1. The van der Waals surface area contributed by atoms with Gasteiger partial charge in [-0.3, -0.25) is 9.78 Å². The van der Waals surface area contributed by atoms with Crippen molar-refractivity contribution in [3.8, 4) is 11.1 Å². The van der Waals surface area contributed by atoms with Crippen molar-refractivity contribution < 1.29 is 31.1 Å². The van der Waals surface area contributed by atoms with Gasteiger partial charge in [-0.05, 0) is 60.4 Å². The molecule has 34 heavy (non-hydrogen) atoms. The zero-order chi connectivity index (χ0) is 24.9. The monoisotopic (exact) mass is 492 g/mol. The number of esters is 1. The summed E-state index contributed by atoms with van der Waals surface area (Å²) >= 11 is 0. The van der Waals surface area contributed by atoms with Gasteiger partial charge < -0.3 is 4.74 Å². The molecule has 0 saturated carbocycles. The number of hydrogen-bond acceptors (Lipinski definition) is 5. The highest BCUT2D eigenvalue weighted by atomic mass is 32.2. The Hall–Kier alpha value is -3.24. The van der Waals surface area contributed by atoms with Gasteiger partial charge in [0.05, 0.1) is 29.5 Å². The van der Waals surface area contributed by atoms with Crippen LogP contribution < -0.4 is 4.72 Å². The Morgan fingerprint density at radius 3 is 2.53 bits per heavy atom. The van der Waals surface area contributed by atoms with Gasteiger partial charge in [-0.25, -0.2) is 13.1 Å². The molecule has 180 valence electrons. The van der Waals surface area contributed by atoms with Crippen LogP contribution in [-0.2, 0) is 25.7 Å². The lowest BCUT2D eigenvalue weighted by molar-refractivity contribution is -0.143. The zero-order valence-electron chi connectivity index (χ0n) is 18.5. The van der Waals surface area contributed by atoms with Crippen molar-refractivity contribution in [2.45, 2.75) is 37.4 Å². The second-order valence-electron chi connectivity index (χ2n) is 7.49. The number of halogens is 3. The summed E-state index contributed by atoms with van der Waals surface area (Å²) in [5.74, 6) is -0.690. The van der Waals surface area contributed by atoms with Gasteiger partial charge in [0.25, 0.3) is 0 Å². The minimum absolute atomic E-state index is 0.0749. The van der Waals surface area contributed by atoms with Crippen molar-refractivity contribution in [1.29, 1.82) is 0 Å². The van der Waals surface area contributed by atoms with Gasteiger partial charge in [-0.15, -0.1) is 0 Å². The lowest BCUT2D eigenvalue weighted by Gasteiger charge is -2.21. The molecule has 0 amide bonds. The van der Waals surface area contributed by atoms with Gasteiger partial charge in [0.15, 0.2) is 0 Å². The average Bonchev–Trinajstić information content (AvgIpc) is 2.78. The van der Waals surface area contributed by atoms with Crippen molar-refractivity contribution in [2.24, 2.45) is 0 Å². The van der Waals surface area contributed by atoms with E-state index in [0.29, 0.717) is 11.6 Å². The predicted molar refractivity (Wildman–Crippen MR) is 120 cm³/mol. The van der Waals surface area contributed by atoms with Crippen LogP contribution in [0.15, 0.2) is 71.9 Å². The first-order chi connectivity index (χ1) is 16.0. The number of pyridine rings is 1. The maximum Gasteiger partial charge on any atom is 0.417 e. The highest BCUT2D eigenvalue weighted by molar-refractivity contribution is 7.89. The van der Waals surface area contributed by atoms with Crippen molar-refractivity contribution in [3.05, 3.63) is 83.7 Å². The fourth-order valence-electron chi connectivity index (χ4n) is 3.52. The van der Waals surface area contributed by atoms with Crippen LogP contribution in [0.4, 0.5) is 13.2 Å². The summed E-state index contributed by atoms with van der Waals surface area (Å²) in [7, 11) is -4.66. The van der Waals surface area contributed by atoms with E-state index in [0.717, 1.165) is 28.8 Å². The number of alkyl halides is 3. The molecular formula is C24H23F3N2O4S. The molecule has 0 saturated heterocycles. The molecule has 6 nitrogen and oxygen atoms in total. The summed E-state index contributed by atoms with van der Waals surface area (Å²) < 4.78 is 73.7. The number of hydrogen-bond donors (Lipinski definition) is 1. The highest BCUT2D eigenvalue weighted by Crippen LogP contribution is 2.35. The maximum absolute atomic E-state index is 13.5. The summed E-state index contributed by atoms with van der Waals surface area (Å²) in [6.45, 7) is 3.54. The number of carbonyl (C=O) groups excluding carboxylic acids is 1. The zero-order valence-corrected chi connectivity index (χ0v) is 19.3. The van der Waals surface area contributed by atoms with E-state index in [1.165, 1.54) is 6.07 Å². The van der Waals surface area contributed by atoms with Crippen molar-refractivity contribution >= 4 is 16.0 Å². The summed E-state index contributed by atoms with van der Waals surface area (Å²) in [4.78, 5) is 15.4. The van der Waals surface area contributed by atoms with Crippen molar-refractivity contribution in [2.75, 3.05) is 6.61 Å². The number of benzene rings is 2. The molecule has 0 bridgehead atoms. The summed E-state index contributed by atoms with van der Waals surface area (Å²) in [6, 6.07) is 11.3. The van der Waals surface area contributed by atoms with Gasteiger partial charge in [0.2, 0.25) is 10.0 Å². The third kappa shape index (κ3) is 6.00. The van der Waals surface area contributed by atoms with E-state index in [4.69, 9.17) is 4.74 Å². The van der Waals surface area contributed by atoms with Gasteiger partial charge in [-0.1, -0.05) is 30.3 Å². The Balaban J connectivity index is 2.04. The lowest BCUT2D eigenvalue weighted by atomic mass is 9.97. The van der Waals surface area contributed by atoms with Gasteiger partial charge in [0, 0.05) is 12.4 Å². The van der Waals surface area contributed by atoms with Crippen LogP contribution in [0.25, 0.3) is 11.1 Å². The number of aromatic nitrogens is 1. The second kappa shape index (κ2) is 10.4. The van der Waals surface area contributed by atoms with Crippen LogP contribution in [-0.4, -0.2) is 26.0 Å². The van der Waals surface area contributed by atoms with E-state index < -0.39 is 45.1 Å². The smallest absolute Gasteiger partial charge is 0.417 e. The number of nitrogens with one attached hydrogen (secondary N) is 1. The number of sulfonamides is 1. The highest BCUT2D eigenvalue weighted by Gasteiger charge is 2.37. The second-order valence-corrected chi connectivity index (χ2v) is 9.18. The first kappa shape index (κ1) is 25.4.